The van der Waals surface area contributed by atoms with Crippen LogP contribution in [0.5, 0.6) is 0 Å². The first-order valence-electron chi connectivity index (χ1n) is 8.31. The predicted molar refractivity (Wildman–Crippen MR) is 104 cm³/mol. The van der Waals surface area contributed by atoms with Gasteiger partial charge < -0.3 is 4.98 Å². The van der Waals surface area contributed by atoms with Crippen molar-refractivity contribution in [3.63, 3.8) is 0 Å². The lowest BCUT2D eigenvalue weighted by molar-refractivity contribution is 0.0701. The number of sulfonamides is 1. The maximum Gasteiger partial charge on any atom is 0.291 e. The Balaban J connectivity index is 1.88. The molecule has 142 valence electrons. The van der Waals surface area contributed by atoms with Gasteiger partial charge in [-0.25, -0.2) is 13.9 Å². The van der Waals surface area contributed by atoms with Crippen LogP contribution in [-0.2, 0) is 15.4 Å². The smallest absolute Gasteiger partial charge is 0.291 e. The number of anilines is 1. The van der Waals surface area contributed by atoms with Gasteiger partial charge >= 0.3 is 0 Å². The second-order valence-electron chi connectivity index (χ2n) is 7.31. The fraction of sp³-hybridized carbons (Fsp3) is 0.211. The van der Waals surface area contributed by atoms with Crippen LogP contribution in [0.4, 0.5) is 5.69 Å². The van der Waals surface area contributed by atoms with Gasteiger partial charge in [-0.3, -0.25) is 14.7 Å². The number of nitrogens with one attached hydrogen (secondary N) is 3. The highest BCUT2D eigenvalue weighted by molar-refractivity contribution is 7.92. The number of hydroxylamine groups is 1. The molecule has 27 heavy (non-hydrogen) atoms. The van der Waals surface area contributed by atoms with Gasteiger partial charge in [-0.05, 0) is 47.4 Å². The van der Waals surface area contributed by atoms with Crippen molar-refractivity contribution in [2.24, 2.45) is 0 Å². The van der Waals surface area contributed by atoms with E-state index < -0.39 is 15.9 Å². The maximum absolute atomic E-state index is 12.6. The molecule has 0 aliphatic carbocycles. The van der Waals surface area contributed by atoms with Crippen LogP contribution < -0.4 is 10.2 Å². The van der Waals surface area contributed by atoms with Crippen LogP contribution in [0.25, 0.3) is 10.9 Å². The van der Waals surface area contributed by atoms with E-state index in [1.54, 1.807) is 35.8 Å². The van der Waals surface area contributed by atoms with E-state index in [0.717, 1.165) is 5.56 Å². The third kappa shape index (κ3) is 3.96. The topological polar surface area (TPSA) is 111 Å². The number of aromatic nitrogens is 1. The van der Waals surface area contributed by atoms with Gasteiger partial charge in [0.25, 0.3) is 15.9 Å². The Kier molecular flexibility index (Phi) is 4.71. The van der Waals surface area contributed by atoms with Crippen LogP contribution in [0.1, 0.15) is 36.8 Å². The lowest BCUT2D eigenvalue weighted by atomic mass is 9.87. The van der Waals surface area contributed by atoms with Crippen LogP contribution in [0, 0.1) is 0 Å². The van der Waals surface area contributed by atoms with Gasteiger partial charge in [-0.2, -0.15) is 0 Å². The highest BCUT2D eigenvalue weighted by atomic mass is 32.2. The zero-order valence-electron chi connectivity index (χ0n) is 15.2. The molecule has 1 amide bonds. The van der Waals surface area contributed by atoms with Crippen molar-refractivity contribution in [3.8, 4) is 0 Å². The molecule has 2 aromatic carbocycles. The Morgan fingerprint density at radius 1 is 1.04 bits per heavy atom. The van der Waals surface area contributed by atoms with Crippen LogP contribution in [0.2, 0.25) is 0 Å². The summed E-state index contributed by atoms with van der Waals surface area (Å²) in [7, 11) is -3.74. The van der Waals surface area contributed by atoms with Gasteiger partial charge in [-0.15, -0.1) is 0 Å². The van der Waals surface area contributed by atoms with E-state index in [1.807, 2.05) is 12.1 Å². The number of rotatable bonds is 4. The van der Waals surface area contributed by atoms with Crippen molar-refractivity contribution in [2.45, 2.75) is 31.1 Å². The van der Waals surface area contributed by atoms with Gasteiger partial charge in [0.15, 0.2) is 0 Å². The van der Waals surface area contributed by atoms with E-state index in [9.17, 15) is 13.2 Å². The van der Waals surface area contributed by atoms with Crippen LogP contribution in [-0.4, -0.2) is 24.5 Å². The fourth-order valence-corrected chi connectivity index (χ4v) is 3.78. The number of amides is 1. The minimum Gasteiger partial charge on any atom is -0.350 e. The predicted octanol–water partition coefficient (Wildman–Crippen LogP) is 3.39. The Morgan fingerprint density at radius 2 is 1.70 bits per heavy atom. The molecule has 0 radical (unpaired) electrons. The molecule has 0 saturated heterocycles. The molecule has 7 nitrogen and oxygen atoms in total. The monoisotopic (exact) mass is 387 g/mol. The standard InChI is InChI=1S/C19H21N3O4S/c1-19(2,3)13-4-7-15(8-5-13)27(25,26)22-14-6-9-16-12(10-14)11-17(20-16)18(23)21-24/h4-11,20,22,24H,1-3H3,(H,21,23). The number of benzene rings is 2. The quantitative estimate of drug-likeness (QED) is 0.406. The summed E-state index contributed by atoms with van der Waals surface area (Å²) in [4.78, 5) is 14.5. The van der Waals surface area contributed by atoms with Crippen LogP contribution >= 0.6 is 0 Å². The summed E-state index contributed by atoms with van der Waals surface area (Å²) in [6.07, 6.45) is 0. The molecule has 0 bridgehead atoms. The summed E-state index contributed by atoms with van der Waals surface area (Å²) in [5.74, 6) is -0.674. The van der Waals surface area contributed by atoms with Crippen LogP contribution in [0.15, 0.2) is 53.4 Å². The van der Waals surface area contributed by atoms with Gasteiger partial charge in [0, 0.05) is 16.6 Å². The molecule has 3 aromatic rings. The SMILES string of the molecule is CC(C)(C)c1ccc(S(=O)(=O)Nc2ccc3[nH]c(C(=O)NO)cc3c2)cc1. The first-order chi connectivity index (χ1) is 12.6. The molecule has 3 rings (SSSR count). The maximum atomic E-state index is 12.6. The van der Waals surface area contributed by atoms with E-state index in [1.165, 1.54) is 6.07 Å². The summed E-state index contributed by atoms with van der Waals surface area (Å²) < 4.78 is 27.8. The molecule has 8 heteroatoms. The average molecular weight is 387 g/mol. The van der Waals surface area contributed by atoms with E-state index in [-0.39, 0.29) is 16.0 Å². The Bertz CT molecular complexity index is 1090. The van der Waals surface area contributed by atoms with Gasteiger partial charge in [-0.1, -0.05) is 32.9 Å². The van der Waals surface area contributed by atoms with E-state index in [4.69, 9.17) is 5.21 Å². The molecule has 0 aliphatic heterocycles. The molecule has 4 N–H and O–H groups in total. The molecule has 0 unspecified atom stereocenters. The van der Waals surface area contributed by atoms with Gasteiger partial charge in [0.2, 0.25) is 0 Å². The van der Waals surface area contributed by atoms with E-state index in [2.05, 4.69) is 30.5 Å². The first kappa shape index (κ1) is 18.9. The third-order valence-corrected chi connectivity index (χ3v) is 5.65. The number of carbonyl (C=O) groups excluding carboxylic acids is 1. The molecule has 0 fully saturated rings. The molecular weight excluding hydrogens is 366 g/mol. The molecule has 0 spiro atoms. The number of H-pyrrole nitrogens is 1. The highest BCUT2D eigenvalue weighted by Gasteiger charge is 2.18. The second kappa shape index (κ2) is 6.71. The summed E-state index contributed by atoms with van der Waals surface area (Å²) in [5, 5.41) is 9.34. The number of hydrogen-bond donors (Lipinski definition) is 4. The lowest BCUT2D eigenvalue weighted by Gasteiger charge is -2.19. The Labute approximate surface area is 157 Å². The van der Waals surface area contributed by atoms with Crippen LogP contribution in [0.3, 0.4) is 0 Å². The van der Waals surface area contributed by atoms with E-state index >= 15 is 0 Å². The molecule has 1 aromatic heterocycles. The zero-order chi connectivity index (χ0) is 19.8. The summed E-state index contributed by atoms with van der Waals surface area (Å²) in [6, 6.07) is 13.2. The molecule has 0 atom stereocenters. The summed E-state index contributed by atoms with van der Waals surface area (Å²) in [6.45, 7) is 6.19. The average Bonchev–Trinajstić information content (AvgIpc) is 3.03. The highest BCUT2D eigenvalue weighted by Crippen LogP contribution is 2.25. The minimum absolute atomic E-state index is 0.0619. The largest absolute Gasteiger partial charge is 0.350 e. The molecular formula is C19H21N3O4S. The van der Waals surface area contributed by atoms with Gasteiger partial charge in [0.05, 0.1) is 4.90 Å². The lowest BCUT2D eigenvalue weighted by Crippen LogP contribution is -2.18. The van der Waals surface area contributed by atoms with Gasteiger partial charge in [0.1, 0.15) is 5.69 Å². The third-order valence-electron chi connectivity index (χ3n) is 4.25. The number of aromatic amines is 1. The molecule has 0 saturated carbocycles. The number of hydrogen-bond acceptors (Lipinski definition) is 4. The minimum atomic E-state index is -3.74. The van der Waals surface area contributed by atoms with E-state index in [0.29, 0.717) is 16.6 Å². The number of carbonyl (C=O) groups is 1. The number of fused-ring (bicyclic) bond motifs is 1. The van der Waals surface area contributed by atoms with Crippen molar-refractivity contribution in [2.75, 3.05) is 4.72 Å². The molecule has 0 aliphatic rings. The second-order valence-corrected chi connectivity index (χ2v) is 8.99. The zero-order valence-corrected chi connectivity index (χ0v) is 16.0. The Morgan fingerprint density at radius 3 is 2.30 bits per heavy atom. The van der Waals surface area contributed by atoms with Crippen molar-refractivity contribution in [1.29, 1.82) is 0 Å². The van der Waals surface area contributed by atoms with Crippen molar-refractivity contribution in [3.05, 3.63) is 59.8 Å². The summed E-state index contributed by atoms with van der Waals surface area (Å²) >= 11 is 0. The van der Waals surface area contributed by atoms with Crippen molar-refractivity contribution < 1.29 is 18.4 Å². The Hall–Kier alpha value is -2.84. The normalized spacial score (nSPS) is 12.1. The van der Waals surface area contributed by atoms with Crippen molar-refractivity contribution >= 4 is 32.5 Å². The fourth-order valence-electron chi connectivity index (χ4n) is 2.73. The molecule has 1 heterocycles. The summed E-state index contributed by atoms with van der Waals surface area (Å²) in [5.41, 5.74) is 3.72. The first-order valence-corrected chi connectivity index (χ1v) is 9.79. The van der Waals surface area contributed by atoms with Crippen molar-refractivity contribution in [1.82, 2.24) is 10.5 Å².